The highest BCUT2D eigenvalue weighted by molar-refractivity contribution is 7.14. The molecule has 2 N–H and O–H groups in total. The van der Waals surface area contributed by atoms with E-state index < -0.39 is 17.2 Å². The summed E-state index contributed by atoms with van der Waals surface area (Å²) in [7, 11) is 0. The van der Waals surface area contributed by atoms with Gasteiger partial charge in [-0.25, -0.2) is 4.79 Å². The van der Waals surface area contributed by atoms with Crippen molar-refractivity contribution in [1.29, 1.82) is 0 Å². The molecule has 1 aromatic heterocycles. The Balaban J connectivity index is 1.74. The third kappa shape index (κ3) is 5.46. The molecule has 29 heavy (non-hydrogen) atoms. The Kier molecular flexibility index (Phi) is 7.19. The molecule has 1 amide bonds. The molecule has 0 radical (unpaired) electrons. The number of rotatable bonds is 5. The Morgan fingerprint density at radius 3 is 2.41 bits per heavy atom. The average Bonchev–Trinajstić information content (AvgIpc) is 3.05. The second kappa shape index (κ2) is 9.13. The molecule has 1 aromatic rings. The third-order valence-electron chi connectivity index (χ3n) is 6.62. The maximum absolute atomic E-state index is 11.9. The van der Waals surface area contributed by atoms with Crippen molar-refractivity contribution < 1.29 is 15.0 Å². The summed E-state index contributed by atoms with van der Waals surface area (Å²) in [5, 5.41) is 23.4. The minimum Gasteiger partial charge on any atom is -0.465 e. The van der Waals surface area contributed by atoms with E-state index >= 15 is 0 Å². The molecular formula is C22H35ClN2O3S. The highest BCUT2D eigenvalue weighted by Gasteiger charge is 2.43. The van der Waals surface area contributed by atoms with Crippen LogP contribution < -0.4 is 0 Å². The molecule has 1 saturated carbocycles. The van der Waals surface area contributed by atoms with E-state index in [4.69, 9.17) is 11.6 Å². The fourth-order valence-corrected chi connectivity index (χ4v) is 6.20. The molecule has 2 aliphatic rings. The van der Waals surface area contributed by atoms with Crippen LogP contribution in [0.15, 0.2) is 11.4 Å². The van der Waals surface area contributed by atoms with Crippen LogP contribution in [0.25, 0.3) is 0 Å². The van der Waals surface area contributed by atoms with E-state index in [9.17, 15) is 15.0 Å². The first-order chi connectivity index (χ1) is 13.6. The van der Waals surface area contributed by atoms with Crippen molar-refractivity contribution in [1.82, 2.24) is 9.80 Å². The first-order valence-corrected chi connectivity index (χ1v) is 12.1. The number of hydrogen-bond acceptors (Lipinski definition) is 4. The second-order valence-electron chi connectivity index (χ2n) is 9.73. The number of amides is 1. The molecule has 1 aliphatic heterocycles. The fourth-order valence-electron chi connectivity index (χ4n) is 5.28. The quantitative estimate of drug-likeness (QED) is 0.653. The minimum atomic E-state index is -0.841. The smallest absolute Gasteiger partial charge is 0.407 e. The van der Waals surface area contributed by atoms with Gasteiger partial charge in [0.25, 0.3) is 0 Å². The predicted octanol–water partition coefficient (Wildman–Crippen LogP) is 5.25. The molecule has 164 valence electrons. The van der Waals surface area contributed by atoms with Crippen molar-refractivity contribution >= 4 is 29.0 Å². The van der Waals surface area contributed by atoms with Gasteiger partial charge in [0.1, 0.15) is 0 Å². The molecule has 0 aromatic carbocycles. The Hall–Kier alpha value is -0.820. The molecular weight excluding hydrogens is 408 g/mol. The van der Waals surface area contributed by atoms with Gasteiger partial charge in [0.2, 0.25) is 0 Å². The number of hydrogen-bond donors (Lipinski definition) is 2. The van der Waals surface area contributed by atoms with Crippen molar-refractivity contribution in [3.8, 4) is 0 Å². The van der Waals surface area contributed by atoms with Crippen molar-refractivity contribution in [2.24, 2.45) is 0 Å². The summed E-state index contributed by atoms with van der Waals surface area (Å²) >= 11 is 7.70. The third-order valence-corrected chi connectivity index (χ3v) is 7.76. The van der Waals surface area contributed by atoms with Crippen LogP contribution in [0, 0.1) is 0 Å². The summed E-state index contributed by atoms with van der Waals surface area (Å²) in [4.78, 5) is 15.9. The zero-order valence-electron chi connectivity index (χ0n) is 17.9. The van der Waals surface area contributed by atoms with E-state index in [1.807, 2.05) is 26.8 Å². The Bertz CT molecular complexity index is 688. The number of piperidine rings is 1. The van der Waals surface area contributed by atoms with Gasteiger partial charge < -0.3 is 15.1 Å². The number of carbonyl (C=O) groups is 1. The minimum absolute atomic E-state index is 0.0287. The maximum Gasteiger partial charge on any atom is 0.407 e. The zero-order valence-corrected chi connectivity index (χ0v) is 19.4. The molecule has 3 rings (SSSR count). The lowest BCUT2D eigenvalue weighted by molar-refractivity contribution is -0.0828. The molecule has 0 bridgehead atoms. The summed E-state index contributed by atoms with van der Waals surface area (Å²) in [6.07, 6.45) is 6.60. The second-order valence-corrected chi connectivity index (χ2v) is 11.3. The molecule has 1 aliphatic carbocycles. The standard InChI is InChI=1S/C22H35ClN2O3S/c1-21(2,3)25(20(26)27)17-7-11-24(12-8-17)18(13-16-14-19(23)29-15-16)22(28)9-5-4-6-10-22/h14-15,17-18,28H,4-13H2,1-3H3,(H,26,27). The molecule has 2 fully saturated rings. The van der Waals surface area contributed by atoms with E-state index in [0.717, 1.165) is 62.4 Å². The molecule has 7 heteroatoms. The summed E-state index contributed by atoms with van der Waals surface area (Å²) in [5.74, 6) is 0. The van der Waals surface area contributed by atoms with Crippen LogP contribution >= 0.6 is 22.9 Å². The summed E-state index contributed by atoms with van der Waals surface area (Å²) in [6, 6.07) is 2.10. The van der Waals surface area contributed by atoms with Crippen LogP contribution in [0.2, 0.25) is 4.34 Å². The Morgan fingerprint density at radius 1 is 1.31 bits per heavy atom. The van der Waals surface area contributed by atoms with Gasteiger partial charge in [0.05, 0.1) is 9.94 Å². The summed E-state index contributed by atoms with van der Waals surface area (Å²) < 4.78 is 0.787. The summed E-state index contributed by atoms with van der Waals surface area (Å²) in [5.41, 5.74) is 0.108. The molecule has 2 heterocycles. The number of likely N-dealkylation sites (tertiary alicyclic amines) is 1. The van der Waals surface area contributed by atoms with E-state index in [1.54, 1.807) is 16.2 Å². The average molecular weight is 443 g/mol. The first-order valence-electron chi connectivity index (χ1n) is 10.8. The lowest BCUT2D eigenvalue weighted by Gasteiger charge is -2.49. The first kappa shape index (κ1) is 22.9. The van der Waals surface area contributed by atoms with Crippen LogP contribution in [-0.2, 0) is 6.42 Å². The lowest BCUT2D eigenvalue weighted by atomic mass is 9.76. The van der Waals surface area contributed by atoms with E-state index in [0.29, 0.717) is 0 Å². The monoisotopic (exact) mass is 442 g/mol. The molecule has 0 spiro atoms. The van der Waals surface area contributed by atoms with Crippen molar-refractivity contribution in [3.63, 3.8) is 0 Å². The van der Waals surface area contributed by atoms with Gasteiger partial charge in [-0.2, -0.15) is 0 Å². The number of aliphatic hydroxyl groups is 1. The predicted molar refractivity (Wildman–Crippen MR) is 119 cm³/mol. The number of halogens is 1. The number of nitrogens with zero attached hydrogens (tertiary/aromatic N) is 2. The zero-order chi connectivity index (χ0) is 21.2. The van der Waals surface area contributed by atoms with Crippen LogP contribution in [-0.4, -0.2) is 62.4 Å². The van der Waals surface area contributed by atoms with E-state index in [-0.39, 0.29) is 12.1 Å². The van der Waals surface area contributed by atoms with Gasteiger partial charge in [0.15, 0.2) is 0 Å². The number of thiophene rings is 1. The van der Waals surface area contributed by atoms with Crippen LogP contribution in [0.4, 0.5) is 4.79 Å². The van der Waals surface area contributed by atoms with Crippen LogP contribution in [0.1, 0.15) is 71.3 Å². The largest absolute Gasteiger partial charge is 0.465 e. The number of carboxylic acid groups (broad SMARTS) is 1. The molecule has 1 atom stereocenters. The van der Waals surface area contributed by atoms with E-state index in [1.165, 1.54) is 12.0 Å². The maximum atomic E-state index is 11.9. The Morgan fingerprint density at radius 2 is 1.93 bits per heavy atom. The van der Waals surface area contributed by atoms with Crippen molar-refractivity contribution in [2.45, 2.75) is 95.4 Å². The molecule has 1 unspecified atom stereocenters. The normalized spacial score (nSPS) is 22.4. The fraction of sp³-hybridized carbons (Fsp3) is 0.773. The van der Waals surface area contributed by atoms with Crippen LogP contribution in [0.3, 0.4) is 0 Å². The SMILES string of the molecule is CC(C)(C)N(C(=O)O)C1CCN(C(Cc2csc(Cl)c2)C2(O)CCCCC2)CC1. The van der Waals surface area contributed by atoms with Gasteiger partial charge in [0, 0.05) is 30.7 Å². The van der Waals surface area contributed by atoms with E-state index in [2.05, 4.69) is 10.3 Å². The Labute approximate surface area is 183 Å². The molecule has 5 nitrogen and oxygen atoms in total. The lowest BCUT2D eigenvalue weighted by Crippen LogP contribution is -2.60. The van der Waals surface area contributed by atoms with Gasteiger partial charge in [-0.3, -0.25) is 4.90 Å². The van der Waals surface area contributed by atoms with Crippen LogP contribution in [0.5, 0.6) is 0 Å². The molecule has 1 saturated heterocycles. The van der Waals surface area contributed by atoms with Crippen molar-refractivity contribution in [3.05, 3.63) is 21.3 Å². The topological polar surface area (TPSA) is 64.0 Å². The highest BCUT2D eigenvalue weighted by Crippen LogP contribution is 2.37. The van der Waals surface area contributed by atoms with Gasteiger partial charge in [-0.05, 0) is 69.9 Å². The summed E-state index contributed by atoms with van der Waals surface area (Å²) in [6.45, 7) is 7.51. The van der Waals surface area contributed by atoms with Crippen molar-refractivity contribution in [2.75, 3.05) is 13.1 Å². The van der Waals surface area contributed by atoms with Gasteiger partial charge >= 0.3 is 6.09 Å². The van der Waals surface area contributed by atoms with Gasteiger partial charge in [-0.1, -0.05) is 30.9 Å². The highest BCUT2D eigenvalue weighted by atomic mass is 35.5. The van der Waals surface area contributed by atoms with Gasteiger partial charge in [-0.15, -0.1) is 11.3 Å².